The summed E-state index contributed by atoms with van der Waals surface area (Å²) >= 11 is 0. The highest BCUT2D eigenvalue weighted by atomic mass is 32.2. The Morgan fingerprint density at radius 3 is 2.06 bits per heavy atom. The molecule has 3 aliphatic rings. The molecule has 2 amide bonds. The van der Waals surface area contributed by atoms with Gasteiger partial charge in [0.1, 0.15) is 16.6 Å². The molecule has 1 saturated carbocycles. The predicted molar refractivity (Wildman–Crippen MR) is 128 cm³/mol. The summed E-state index contributed by atoms with van der Waals surface area (Å²) in [5.41, 5.74) is -0.478. The van der Waals surface area contributed by atoms with Gasteiger partial charge < -0.3 is 19.3 Å². The molecule has 1 aromatic heterocycles. The minimum atomic E-state index is -3.36. The number of hydrogen-bond donors (Lipinski definition) is 0. The van der Waals surface area contributed by atoms with Crippen LogP contribution in [0.2, 0.25) is 0 Å². The number of piperazine rings is 1. The lowest BCUT2D eigenvalue weighted by atomic mass is 9.62. The summed E-state index contributed by atoms with van der Waals surface area (Å²) in [5.74, 6) is 0.435. The fourth-order valence-corrected chi connectivity index (χ4v) is 5.67. The third kappa shape index (κ3) is 5.46. The predicted octanol–water partition coefficient (Wildman–Crippen LogP) is 2.32. The first-order chi connectivity index (χ1) is 16.2. The lowest BCUT2D eigenvalue weighted by molar-refractivity contribution is -0.131. The van der Waals surface area contributed by atoms with Crippen LogP contribution >= 0.6 is 0 Å². The molecule has 12 heteroatoms. The first-order valence-electron chi connectivity index (χ1n) is 11.9. The van der Waals surface area contributed by atoms with Crippen molar-refractivity contribution < 1.29 is 27.5 Å². The Bertz CT molecular complexity index is 1060. The van der Waals surface area contributed by atoms with Crippen molar-refractivity contribution in [2.45, 2.75) is 76.1 Å². The van der Waals surface area contributed by atoms with E-state index in [0.29, 0.717) is 32.1 Å². The highest BCUT2D eigenvalue weighted by molar-refractivity contribution is 7.90. The Labute approximate surface area is 206 Å². The highest BCUT2D eigenvalue weighted by Crippen LogP contribution is 2.50. The number of anilines is 1. The number of sulfone groups is 1. The van der Waals surface area contributed by atoms with Gasteiger partial charge in [-0.2, -0.15) is 0 Å². The van der Waals surface area contributed by atoms with Gasteiger partial charge in [0.2, 0.25) is 5.95 Å². The Morgan fingerprint density at radius 2 is 1.57 bits per heavy atom. The Morgan fingerprint density at radius 1 is 1.03 bits per heavy atom. The topological polar surface area (TPSA) is 122 Å². The average molecular weight is 510 g/mol. The Hall–Kier alpha value is -2.63. The zero-order valence-electron chi connectivity index (χ0n) is 21.2. The van der Waals surface area contributed by atoms with Gasteiger partial charge in [-0.25, -0.2) is 28.0 Å². The summed E-state index contributed by atoms with van der Waals surface area (Å²) in [7, 11) is -3.36. The van der Waals surface area contributed by atoms with Crippen LogP contribution in [0.5, 0.6) is 0 Å². The van der Waals surface area contributed by atoms with Gasteiger partial charge in [-0.3, -0.25) is 4.90 Å². The molecule has 0 bridgehead atoms. The van der Waals surface area contributed by atoms with Crippen LogP contribution in [-0.4, -0.2) is 96.6 Å². The number of amides is 2. The molecule has 2 saturated heterocycles. The van der Waals surface area contributed by atoms with Crippen LogP contribution in [0.1, 0.15) is 47.5 Å². The summed E-state index contributed by atoms with van der Waals surface area (Å²) in [6, 6.07) is -0.269. The van der Waals surface area contributed by atoms with E-state index in [1.54, 1.807) is 9.80 Å². The van der Waals surface area contributed by atoms with Gasteiger partial charge in [-0.15, -0.1) is 0 Å². The van der Waals surface area contributed by atoms with Crippen LogP contribution in [0.4, 0.5) is 15.5 Å². The standard InChI is InChI=1S/C23H35N5O6S/c1-15-11-26(19-24-9-18(10-25-19)35(6,31)32)12-16(2)28(15)21(30)33-17-7-23(8-17)13-27(14-23)20(29)34-22(3,4)5/h9-10,15-17H,7-8,11-14H2,1-6H3/t15-,16+. The van der Waals surface area contributed by atoms with Crippen molar-refractivity contribution in [3.63, 3.8) is 0 Å². The van der Waals surface area contributed by atoms with Crippen LogP contribution in [-0.2, 0) is 19.3 Å². The Kier molecular flexibility index (Phi) is 6.40. The van der Waals surface area contributed by atoms with Crippen LogP contribution in [0.3, 0.4) is 0 Å². The van der Waals surface area contributed by atoms with E-state index in [2.05, 4.69) is 9.97 Å². The minimum Gasteiger partial charge on any atom is -0.446 e. The molecule has 194 valence electrons. The third-order valence-corrected chi connectivity index (χ3v) is 7.82. The van der Waals surface area contributed by atoms with Crippen LogP contribution in [0.15, 0.2) is 17.3 Å². The monoisotopic (exact) mass is 509 g/mol. The minimum absolute atomic E-state index is 0.0350. The second-order valence-corrected chi connectivity index (χ2v) is 13.3. The van der Waals surface area contributed by atoms with E-state index in [4.69, 9.17) is 9.47 Å². The molecule has 35 heavy (non-hydrogen) atoms. The van der Waals surface area contributed by atoms with Gasteiger partial charge in [-0.05, 0) is 47.5 Å². The van der Waals surface area contributed by atoms with E-state index in [1.165, 1.54) is 12.4 Å². The van der Waals surface area contributed by atoms with Gasteiger partial charge in [0.05, 0.1) is 24.5 Å². The molecule has 0 radical (unpaired) electrons. The van der Waals surface area contributed by atoms with Crippen molar-refractivity contribution in [2.75, 3.05) is 37.3 Å². The van der Waals surface area contributed by atoms with E-state index in [0.717, 1.165) is 19.1 Å². The average Bonchev–Trinajstić information content (AvgIpc) is 2.66. The maximum Gasteiger partial charge on any atom is 0.410 e. The molecular weight excluding hydrogens is 474 g/mol. The summed E-state index contributed by atoms with van der Waals surface area (Å²) < 4.78 is 34.5. The van der Waals surface area contributed by atoms with E-state index in [-0.39, 0.29) is 40.7 Å². The van der Waals surface area contributed by atoms with E-state index < -0.39 is 15.4 Å². The first-order valence-corrected chi connectivity index (χ1v) is 13.8. The number of hydrogen-bond acceptors (Lipinski definition) is 9. The summed E-state index contributed by atoms with van der Waals surface area (Å²) in [6.07, 6.45) is 4.47. The number of ether oxygens (including phenoxy) is 2. The van der Waals surface area contributed by atoms with Gasteiger partial charge >= 0.3 is 12.2 Å². The number of nitrogens with zero attached hydrogens (tertiary/aromatic N) is 5. The first kappa shape index (κ1) is 25.5. The van der Waals surface area contributed by atoms with Crippen LogP contribution in [0, 0.1) is 5.41 Å². The van der Waals surface area contributed by atoms with Crippen LogP contribution in [0.25, 0.3) is 0 Å². The SMILES string of the molecule is C[C@@H]1CN(c2ncc(S(C)(=O)=O)cn2)C[C@H](C)N1C(=O)OC1CC2(C1)CN(C(=O)OC(C)(C)C)C2. The van der Waals surface area contributed by atoms with Crippen molar-refractivity contribution in [3.8, 4) is 0 Å². The fourth-order valence-electron chi connectivity index (χ4n) is 5.18. The molecular formula is C23H35N5O6S. The van der Waals surface area contributed by atoms with E-state index in [9.17, 15) is 18.0 Å². The van der Waals surface area contributed by atoms with Crippen molar-refractivity contribution in [1.82, 2.24) is 19.8 Å². The fraction of sp³-hybridized carbons (Fsp3) is 0.739. The normalized spacial score (nSPS) is 24.6. The molecule has 2 aliphatic heterocycles. The van der Waals surface area contributed by atoms with Gasteiger partial charge in [0.15, 0.2) is 9.84 Å². The molecule has 1 aromatic rings. The molecule has 11 nitrogen and oxygen atoms in total. The quantitative estimate of drug-likeness (QED) is 0.604. The lowest BCUT2D eigenvalue weighted by Crippen LogP contribution is -2.66. The second kappa shape index (κ2) is 8.79. The Balaban J connectivity index is 1.26. The lowest BCUT2D eigenvalue weighted by Gasteiger charge is -2.58. The van der Waals surface area contributed by atoms with Crippen molar-refractivity contribution in [3.05, 3.63) is 12.4 Å². The summed E-state index contributed by atoms with van der Waals surface area (Å²) in [6.45, 7) is 11.7. The van der Waals surface area contributed by atoms with Gasteiger partial charge in [0.25, 0.3) is 0 Å². The zero-order chi connectivity index (χ0) is 25.8. The smallest absolute Gasteiger partial charge is 0.410 e. The molecule has 0 N–H and O–H groups in total. The van der Waals surface area contributed by atoms with Gasteiger partial charge in [-0.1, -0.05) is 0 Å². The maximum absolute atomic E-state index is 13.0. The maximum atomic E-state index is 13.0. The molecule has 0 unspecified atom stereocenters. The molecule has 1 aliphatic carbocycles. The van der Waals surface area contributed by atoms with E-state index in [1.807, 2.05) is 39.5 Å². The molecule has 2 atom stereocenters. The van der Waals surface area contributed by atoms with Gasteiger partial charge in [0, 0.05) is 37.8 Å². The largest absolute Gasteiger partial charge is 0.446 e. The molecule has 3 fully saturated rings. The number of likely N-dealkylation sites (tertiary alicyclic amines) is 1. The molecule has 0 aromatic carbocycles. The van der Waals surface area contributed by atoms with Crippen molar-refractivity contribution >= 4 is 28.0 Å². The molecule has 3 heterocycles. The molecule has 1 spiro atoms. The number of carbonyl (C=O) groups is 2. The second-order valence-electron chi connectivity index (χ2n) is 11.3. The zero-order valence-corrected chi connectivity index (χ0v) is 22.0. The molecule has 4 rings (SSSR count). The van der Waals surface area contributed by atoms with Crippen molar-refractivity contribution in [2.24, 2.45) is 5.41 Å². The summed E-state index contributed by atoms with van der Waals surface area (Å²) in [4.78, 5) is 39.0. The van der Waals surface area contributed by atoms with Crippen LogP contribution < -0.4 is 4.90 Å². The number of rotatable bonds is 3. The van der Waals surface area contributed by atoms with Crippen molar-refractivity contribution in [1.29, 1.82) is 0 Å². The summed E-state index contributed by atoms with van der Waals surface area (Å²) in [5, 5.41) is 0. The third-order valence-electron chi connectivity index (χ3n) is 6.75. The number of carbonyl (C=O) groups excluding carboxylic acids is 2. The van der Waals surface area contributed by atoms with E-state index >= 15 is 0 Å². The highest BCUT2D eigenvalue weighted by Gasteiger charge is 2.56. The number of aromatic nitrogens is 2.